The Bertz CT molecular complexity index is 779. The van der Waals surface area contributed by atoms with Gasteiger partial charge in [-0.3, -0.25) is 15.0 Å². The van der Waals surface area contributed by atoms with Crippen LogP contribution < -0.4 is 0 Å². The molecule has 0 amide bonds. The van der Waals surface area contributed by atoms with Crippen LogP contribution in [0.4, 0.5) is 5.69 Å². The number of nitro benzene ring substituents is 1. The van der Waals surface area contributed by atoms with Gasteiger partial charge in [-0.1, -0.05) is 6.92 Å². The van der Waals surface area contributed by atoms with E-state index in [1.54, 1.807) is 13.8 Å². The third-order valence-electron chi connectivity index (χ3n) is 3.14. The van der Waals surface area contributed by atoms with Crippen LogP contribution in [0.3, 0.4) is 0 Å². The number of carbonyl (C=O) groups excluding carboxylic acids is 2. The molecule has 2 rings (SSSR count). The summed E-state index contributed by atoms with van der Waals surface area (Å²) in [5, 5.41) is 11.3. The number of fused-ring (bicyclic) bond motifs is 1. The third-order valence-corrected chi connectivity index (χ3v) is 3.14. The average molecular weight is 337 g/mol. The summed E-state index contributed by atoms with van der Waals surface area (Å²) in [4.78, 5) is 42.5. The van der Waals surface area contributed by atoms with Gasteiger partial charge >= 0.3 is 11.9 Å². The normalized spacial score (nSPS) is 10.6. The monoisotopic (exact) mass is 337 g/mol. The molecule has 0 bridgehead atoms. The molecule has 1 heterocycles. The highest BCUT2D eigenvalue weighted by Crippen LogP contribution is 2.30. The summed E-state index contributed by atoms with van der Waals surface area (Å²) in [6, 6.07) is 4.01. The smallest absolute Gasteiger partial charge is 0.408 e. The molecule has 0 aliphatic carbocycles. The van der Waals surface area contributed by atoms with Crippen molar-refractivity contribution < 1.29 is 33.4 Å². The van der Waals surface area contributed by atoms with E-state index in [0.29, 0.717) is 23.0 Å². The molecule has 0 fully saturated rings. The highest BCUT2D eigenvalue weighted by atomic mass is 17.2. The van der Waals surface area contributed by atoms with E-state index >= 15 is 0 Å². The topological polar surface area (TPSA) is 118 Å². The first-order chi connectivity index (χ1) is 11.5. The van der Waals surface area contributed by atoms with E-state index in [1.807, 2.05) is 0 Å². The number of rotatable bonds is 7. The molecule has 9 nitrogen and oxygen atoms in total. The van der Waals surface area contributed by atoms with Crippen molar-refractivity contribution in [3.63, 3.8) is 0 Å². The zero-order chi connectivity index (χ0) is 17.7. The van der Waals surface area contributed by atoms with E-state index in [-0.39, 0.29) is 18.1 Å². The lowest BCUT2D eigenvalue weighted by molar-refractivity contribution is -0.384. The summed E-state index contributed by atoms with van der Waals surface area (Å²) in [7, 11) is 0. The molecule has 0 atom stereocenters. The molecule has 0 spiro atoms. The zero-order valence-electron chi connectivity index (χ0n) is 13.1. The number of hydrogen-bond donors (Lipinski definition) is 0. The van der Waals surface area contributed by atoms with Gasteiger partial charge in [-0.2, -0.15) is 4.89 Å². The Morgan fingerprint density at radius 2 is 2.04 bits per heavy atom. The second-order valence-electron chi connectivity index (χ2n) is 4.64. The number of carbonyl (C=O) groups is 2. The number of esters is 1. The fraction of sp³-hybridized carbons (Fsp3) is 0.333. The lowest BCUT2D eigenvalue weighted by Crippen LogP contribution is -2.15. The highest BCUT2D eigenvalue weighted by Gasteiger charge is 2.23. The third kappa shape index (κ3) is 3.69. The Morgan fingerprint density at radius 3 is 2.67 bits per heavy atom. The second kappa shape index (κ2) is 7.55. The van der Waals surface area contributed by atoms with Crippen LogP contribution in [0.5, 0.6) is 0 Å². The summed E-state index contributed by atoms with van der Waals surface area (Å²) in [5.74, 6) is -1.74. The first-order valence-electron chi connectivity index (χ1n) is 7.17. The van der Waals surface area contributed by atoms with Crippen molar-refractivity contribution in [1.29, 1.82) is 0 Å². The van der Waals surface area contributed by atoms with Crippen LogP contribution in [0.1, 0.15) is 30.0 Å². The predicted molar refractivity (Wildman–Crippen MR) is 80.2 cm³/mol. The van der Waals surface area contributed by atoms with Crippen LogP contribution in [0.25, 0.3) is 11.0 Å². The molecular weight excluding hydrogens is 322 g/mol. The van der Waals surface area contributed by atoms with E-state index in [1.165, 1.54) is 18.2 Å². The number of nitrogens with zero attached hydrogens (tertiary/aromatic N) is 1. The molecule has 9 heteroatoms. The van der Waals surface area contributed by atoms with Crippen LogP contribution in [0, 0.1) is 10.1 Å². The van der Waals surface area contributed by atoms with Crippen LogP contribution in [-0.4, -0.2) is 30.1 Å². The van der Waals surface area contributed by atoms with Gasteiger partial charge < -0.3 is 9.15 Å². The van der Waals surface area contributed by atoms with Crippen molar-refractivity contribution in [3.05, 3.63) is 39.6 Å². The minimum absolute atomic E-state index is 0.114. The maximum atomic E-state index is 12.0. The summed E-state index contributed by atoms with van der Waals surface area (Å²) in [6.45, 7) is 3.02. The molecule has 2 aromatic rings. The molecule has 0 saturated carbocycles. The zero-order valence-corrected chi connectivity index (χ0v) is 13.1. The van der Waals surface area contributed by atoms with Crippen molar-refractivity contribution in [2.45, 2.75) is 20.3 Å². The summed E-state index contributed by atoms with van der Waals surface area (Å²) in [6.07, 6.45) is 0.385. The highest BCUT2D eigenvalue weighted by molar-refractivity contribution is 5.96. The molecule has 0 saturated heterocycles. The van der Waals surface area contributed by atoms with Gasteiger partial charge in [0.2, 0.25) is 5.76 Å². The van der Waals surface area contributed by atoms with Gasteiger partial charge in [0, 0.05) is 23.1 Å². The van der Waals surface area contributed by atoms with Crippen LogP contribution >= 0.6 is 0 Å². The summed E-state index contributed by atoms with van der Waals surface area (Å²) in [5.41, 5.74) is 0.657. The van der Waals surface area contributed by atoms with Gasteiger partial charge in [0.05, 0.1) is 11.5 Å². The largest absolute Gasteiger partial charge is 0.464 e. The lowest BCUT2D eigenvalue weighted by Gasteiger charge is -2.03. The van der Waals surface area contributed by atoms with Gasteiger partial charge in [-0.25, -0.2) is 9.59 Å². The van der Waals surface area contributed by atoms with Gasteiger partial charge in [-0.05, 0) is 19.4 Å². The fourth-order valence-electron chi connectivity index (χ4n) is 2.14. The first kappa shape index (κ1) is 17.4. The summed E-state index contributed by atoms with van der Waals surface area (Å²) < 4.78 is 10.0. The van der Waals surface area contributed by atoms with Gasteiger partial charge in [0.25, 0.3) is 5.69 Å². The molecule has 1 aromatic heterocycles. The molecular formula is C15H15NO8. The Kier molecular flexibility index (Phi) is 5.48. The molecule has 0 radical (unpaired) electrons. The quantitative estimate of drug-likeness (QED) is 0.327. The first-order valence-corrected chi connectivity index (χ1v) is 7.17. The van der Waals surface area contributed by atoms with E-state index in [9.17, 15) is 19.7 Å². The van der Waals surface area contributed by atoms with Crippen LogP contribution in [0.2, 0.25) is 0 Å². The minimum Gasteiger partial charge on any atom is -0.464 e. The van der Waals surface area contributed by atoms with Gasteiger partial charge in [0.15, 0.2) is 6.61 Å². The number of non-ortho nitro benzene ring substituents is 1. The maximum Gasteiger partial charge on any atom is 0.408 e. The average Bonchev–Trinajstić information content (AvgIpc) is 2.92. The van der Waals surface area contributed by atoms with E-state index < -0.39 is 23.5 Å². The Morgan fingerprint density at radius 1 is 1.29 bits per heavy atom. The molecule has 0 N–H and O–H groups in total. The Balaban J connectivity index is 2.20. The van der Waals surface area contributed by atoms with E-state index in [2.05, 4.69) is 14.5 Å². The molecule has 0 aliphatic heterocycles. The van der Waals surface area contributed by atoms with Crippen LogP contribution in [0.15, 0.2) is 22.6 Å². The number of furan rings is 1. The standard InChI is InChI=1S/C15H15NO8/c1-3-10-11-7-9(16(19)20)5-6-12(11)23-14(10)15(18)24-22-8-13(17)21-4-2/h5-7H,3-4,8H2,1-2H3. The van der Waals surface area contributed by atoms with Gasteiger partial charge in [0.1, 0.15) is 5.58 Å². The van der Waals surface area contributed by atoms with Crippen molar-refractivity contribution in [2.24, 2.45) is 0 Å². The van der Waals surface area contributed by atoms with Crippen molar-refractivity contribution in [2.75, 3.05) is 13.2 Å². The number of ether oxygens (including phenoxy) is 1. The fourth-order valence-corrected chi connectivity index (χ4v) is 2.14. The van der Waals surface area contributed by atoms with E-state index in [0.717, 1.165) is 0 Å². The maximum absolute atomic E-state index is 12.0. The minimum atomic E-state index is -0.935. The second-order valence-corrected chi connectivity index (χ2v) is 4.64. The number of nitro groups is 1. The SMILES string of the molecule is CCOC(=O)COOC(=O)c1oc2ccc([N+](=O)[O-])cc2c1CC. The molecule has 128 valence electrons. The number of benzene rings is 1. The Hall–Kier alpha value is -2.94. The lowest BCUT2D eigenvalue weighted by atomic mass is 10.1. The van der Waals surface area contributed by atoms with Gasteiger partial charge in [-0.15, -0.1) is 0 Å². The van der Waals surface area contributed by atoms with Crippen molar-refractivity contribution in [1.82, 2.24) is 0 Å². The predicted octanol–water partition coefficient (Wildman–Crippen LogP) is 2.55. The Labute approximate surface area is 136 Å². The summed E-state index contributed by atoms with van der Waals surface area (Å²) >= 11 is 0. The molecule has 1 aromatic carbocycles. The number of hydrogen-bond acceptors (Lipinski definition) is 8. The molecule has 0 aliphatic rings. The van der Waals surface area contributed by atoms with Crippen LogP contribution in [-0.2, 0) is 25.7 Å². The van der Waals surface area contributed by atoms with E-state index in [4.69, 9.17) is 4.42 Å². The van der Waals surface area contributed by atoms with Crippen molar-refractivity contribution >= 4 is 28.6 Å². The molecule has 24 heavy (non-hydrogen) atoms. The van der Waals surface area contributed by atoms with Crippen molar-refractivity contribution in [3.8, 4) is 0 Å². The molecule has 0 unspecified atom stereocenters. The number of aryl methyl sites for hydroxylation is 1.